The van der Waals surface area contributed by atoms with Crippen LogP contribution in [0.3, 0.4) is 0 Å². The second-order valence-corrected chi connectivity index (χ2v) is 5.03. The lowest BCUT2D eigenvalue weighted by Gasteiger charge is -2.23. The van der Waals surface area contributed by atoms with Crippen LogP contribution >= 0.6 is 0 Å². The standard InChI is InChI=1S/C14H18O/c1-4-14(2,3)11-6-7-12-10(9-11)5-8-13(12)15/h6-7,9H,4-5,8H2,1-3H3. The topological polar surface area (TPSA) is 17.1 Å². The molecule has 1 aromatic rings. The van der Waals surface area contributed by atoms with Crippen LogP contribution in [-0.4, -0.2) is 5.78 Å². The fourth-order valence-corrected chi connectivity index (χ4v) is 2.08. The summed E-state index contributed by atoms with van der Waals surface area (Å²) in [5.74, 6) is 0.311. The smallest absolute Gasteiger partial charge is 0.163 e. The van der Waals surface area contributed by atoms with Crippen LogP contribution < -0.4 is 0 Å². The number of rotatable bonds is 2. The number of Topliss-reactive ketones (excluding diaryl/α,β-unsaturated/α-hetero) is 1. The summed E-state index contributed by atoms with van der Waals surface area (Å²) in [7, 11) is 0. The molecule has 0 heterocycles. The van der Waals surface area contributed by atoms with E-state index in [2.05, 4.69) is 32.9 Å². The third-order valence-electron chi connectivity index (χ3n) is 3.69. The second kappa shape index (κ2) is 3.48. The van der Waals surface area contributed by atoms with Crippen LogP contribution in [-0.2, 0) is 11.8 Å². The van der Waals surface area contributed by atoms with Crippen molar-refractivity contribution in [3.05, 3.63) is 34.9 Å². The first-order chi connectivity index (χ1) is 7.04. The summed E-state index contributed by atoms with van der Waals surface area (Å²) in [6.07, 6.45) is 2.76. The summed E-state index contributed by atoms with van der Waals surface area (Å²) in [6.45, 7) is 6.72. The summed E-state index contributed by atoms with van der Waals surface area (Å²) in [5, 5.41) is 0. The quantitative estimate of drug-likeness (QED) is 0.717. The molecule has 0 aliphatic heterocycles. The molecule has 2 rings (SSSR count). The Labute approximate surface area is 91.5 Å². The fourth-order valence-electron chi connectivity index (χ4n) is 2.08. The lowest BCUT2D eigenvalue weighted by Crippen LogP contribution is -2.15. The molecule has 80 valence electrons. The van der Waals surface area contributed by atoms with Gasteiger partial charge in [0, 0.05) is 12.0 Å². The molecular weight excluding hydrogens is 184 g/mol. The van der Waals surface area contributed by atoms with Gasteiger partial charge in [0.05, 0.1) is 0 Å². The van der Waals surface area contributed by atoms with E-state index in [0.29, 0.717) is 12.2 Å². The van der Waals surface area contributed by atoms with Crippen molar-refractivity contribution >= 4 is 5.78 Å². The van der Waals surface area contributed by atoms with Gasteiger partial charge in [0.2, 0.25) is 0 Å². The molecule has 1 heteroatoms. The Hall–Kier alpha value is -1.11. The third kappa shape index (κ3) is 1.71. The maximum atomic E-state index is 11.5. The molecule has 1 aliphatic rings. The Morgan fingerprint density at radius 1 is 1.27 bits per heavy atom. The fraction of sp³-hybridized carbons (Fsp3) is 0.500. The average molecular weight is 202 g/mol. The van der Waals surface area contributed by atoms with E-state index >= 15 is 0 Å². The van der Waals surface area contributed by atoms with Gasteiger partial charge in [-0.05, 0) is 29.4 Å². The zero-order valence-electron chi connectivity index (χ0n) is 9.76. The molecule has 0 unspecified atom stereocenters. The predicted molar refractivity (Wildman–Crippen MR) is 62.4 cm³/mol. The van der Waals surface area contributed by atoms with Crippen LogP contribution in [0.5, 0.6) is 0 Å². The first-order valence-corrected chi connectivity index (χ1v) is 5.71. The highest BCUT2D eigenvalue weighted by Crippen LogP contribution is 2.31. The third-order valence-corrected chi connectivity index (χ3v) is 3.69. The van der Waals surface area contributed by atoms with Crippen LogP contribution in [0.25, 0.3) is 0 Å². The number of benzene rings is 1. The van der Waals surface area contributed by atoms with Gasteiger partial charge in [-0.1, -0.05) is 39.0 Å². The van der Waals surface area contributed by atoms with Crippen LogP contribution in [0.4, 0.5) is 0 Å². The molecular formula is C14H18O. The monoisotopic (exact) mass is 202 g/mol. The summed E-state index contributed by atoms with van der Waals surface area (Å²) in [6, 6.07) is 6.35. The molecule has 0 saturated heterocycles. The maximum absolute atomic E-state index is 11.5. The number of carbonyl (C=O) groups is 1. The van der Waals surface area contributed by atoms with Gasteiger partial charge in [0.25, 0.3) is 0 Å². The van der Waals surface area contributed by atoms with Crippen LogP contribution in [0, 0.1) is 0 Å². The Morgan fingerprint density at radius 2 is 2.00 bits per heavy atom. The largest absolute Gasteiger partial charge is 0.294 e. The molecule has 15 heavy (non-hydrogen) atoms. The van der Waals surface area contributed by atoms with Gasteiger partial charge in [-0.25, -0.2) is 0 Å². The Morgan fingerprint density at radius 3 is 2.67 bits per heavy atom. The summed E-state index contributed by atoms with van der Waals surface area (Å²) < 4.78 is 0. The van der Waals surface area contributed by atoms with Crippen molar-refractivity contribution < 1.29 is 4.79 Å². The maximum Gasteiger partial charge on any atom is 0.163 e. The number of ketones is 1. The van der Waals surface area contributed by atoms with Gasteiger partial charge in [0.15, 0.2) is 5.78 Å². The van der Waals surface area contributed by atoms with E-state index in [1.54, 1.807) is 0 Å². The van der Waals surface area contributed by atoms with Gasteiger partial charge >= 0.3 is 0 Å². The van der Waals surface area contributed by atoms with Gasteiger partial charge < -0.3 is 0 Å². The highest BCUT2D eigenvalue weighted by Gasteiger charge is 2.23. The zero-order valence-corrected chi connectivity index (χ0v) is 9.76. The highest BCUT2D eigenvalue weighted by molar-refractivity contribution is 6.00. The number of aryl methyl sites for hydroxylation is 1. The Bertz CT molecular complexity index is 402. The normalized spacial score (nSPS) is 15.5. The summed E-state index contributed by atoms with van der Waals surface area (Å²) in [4.78, 5) is 11.5. The van der Waals surface area contributed by atoms with Gasteiger partial charge in [-0.3, -0.25) is 4.79 Å². The number of hydrogen-bond donors (Lipinski definition) is 0. The van der Waals surface area contributed by atoms with Gasteiger partial charge in [-0.15, -0.1) is 0 Å². The van der Waals surface area contributed by atoms with E-state index in [-0.39, 0.29) is 5.41 Å². The van der Waals surface area contributed by atoms with Crippen LogP contribution in [0.2, 0.25) is 0 Å². The molecule has 1 aromatic carbocycles. The summed E-state index contributed by atoms with van der Waals surface area (Å²) in [5.41, 5.74) is 3.78. The highest BCUT2D eigenvalue weighted by atomic mass is 16.1. The van der Waals surface area contributed by atoms with E-state index in [9.17, 15) is 4.79 Å². The Kier molecular flexibility index (Phi) is 2.41. The predicted octanol–water partition coefficient (Wildman–Crippen LogP) is 3.50. The van der Waals surface area contributed by atoms with Crippen molar-refractivity contribution in [1.82, 2.24) is 0 Å². The lowest BCUT2D eigenvalue weighted by molar-refractivity contribution is 0.0994. The summed E-state index contributed by atoms with van der Waals surface area (Å²) >= 11 is 0. The van der Waals surface area contributed by atoms with E-state index < -0.39 is 0 Å². The molecule has 0 fully saturated rings. The minimum absolute atomic E-state index is 0.223. The molecule has 0 amide bonds. The Balaban J connectivity index is 2.43. The van der Waals surface area contributed by atoms with Gasteiger partial charge in [0.1, 0.15) is 0 Å². The average Bonchev–Trinajstić information content (AvgIpc) is 2.60. The van der Waals surface area contributed by atoms with Crippen LogP contribution in [0.1, 0.15) is 55.1 Å². The molecule has 0 bridgehead atoms. The number of fused-ring (bicyclic) bond motifs is 1. The van der Waals surface area contributed by atoms with E-state index in [1.807, 2.05) is 6.07 Å². The van der Waals surface area contributed by atoms with Gasteiger partial charge in [-0.2, -0.15) is 0 Å². The number of hydrogen-bond acceptors (Lipinski definition) is 1. The molecule has 1 aliphatic carbocycles. The molecule has 0 aromatic heterocycles. The molecule has 0 atom stereocenters. The van der Waals surface area contributed by atoms with E-state index in [4.69, 9.17) is 0 Å². The molecule has 1 nitrogen and oxygen atoms in total. The zero-order chi connectivity index (χ0) is 11.1. The molecule has 0 radical (unpaired) electrons. The van der Waals surface area contributed by atoms with Crippen molar-refractivity contribution in [3.63, 3.8) is 0 Å². The molecule has 0 spiro atoms. The minimum atomic E-state index is 0.223. The number of carbonyl (C=O) groups excluding carboxylic acids is 1. The molecule has 0 saturated carbocycles. The second-order valence-electron chi connectivity index (χ2n) is 5.03. The van der Waals surface area contributed by atoms with Crippen molar-refractivity contribution in [1.29, 1.82) is 0 Å². The van der Waals surface area contributed by atoms with E-state index in [1.165, 1.54) is 11.1 Å². The first-order valence-electron chi connectivity index (χ1n) is 5.71. The first kappa shape index (κ1) is 10.4. The SMILES string of the molecule is CCC(C)(C)c1ccc2c(c1)CCC2=O. The van der Waals surface area contributed by atoms with Crippen molar-refractivity contribution in [2.24, 2.45) is 0 Å². The van der Waals surface area contributed by atoms with Crippen molar-refractivity contribution in [2.45, 2.75) is 45.4 Å². The molecule has 0 N–H and O–H groups in total. The van der Waals surface area contributed by atoms with Crippen molar-refractivity contribution in [3.8, 4) is 0 Å². The van der Waals surface area contributed by atoms with E-state index in [0.717, 1.165) is 18.4 Å². The van der Waals surface area contributed by atoms with Crippen molar-refractivity contribution in [2.75, 3.05) is 0 Å². The minimum Gasteiger partial charge on any atom is -0.294 e. The van der Waals surface area contributed by atoms with Crippen LogP contribution in [0.15, 0.2) is 18.2 Å². The lowest BCUT2D eigenvalue weighted by atomic mass is 9.81.